The molecule has 3 rings (SSSR count). The van der Waals surface area contributed by atoms with Gasteiger partial charge in [-0.15, -0.1) is 0 Å². The number of benzene rings is 1. The molecule has 2 bridgehead atoms. The Balaban J connectivity index is 1.60. The lowest BCUT2D eigenvalue weighted by Gasteiger charge is -2.21. The average molecular weight is 297 g/mol. The molecule has 2 saturated carbocycles. The standard InChI is InChI=1S/C16H18F3NO/c17-16(18,19)14-3-1-2-12(8-14)15(21)20-9-13-7-10-4-5-11(13)6-10/h1-3,8,10-11,13H,4-7,9H2,(H,20,21)/t10-,11-,13-/m1/s1. The molecule has 5 heteroatoms. The van der Waals surface area contributed by atoms with Crippen LogP contribution in [0.3, 0.4) is 0 Å². The fourth-order valence-electron chi connectivity index (χ4n) is 3.79. The topological polar surface area (TPSA) is 29.1 Å². The van der Waals surface area contributed by atoms with Crippen molar-refractivity contribution in [2.75, 3.05) is 6.54 Å². The number of nitrogens with one attached hydrogen (secondary N) is 1. The highest BCUT2D eigenvalue weighted by atomic mass is 19.4. The molecule has 0 heterocycles. The zero-order chi connectivity index (χ0) is 15.0. The molecule has 2 fully saturated rings. The molecule has 2 aliphatic carbocycles. The predicted molar refractivity (Wildman–Crippen MR) is 72.7 cm³/mol. The van der Waals surface area contributed by atoms with Gasteiger partial charge in [-0.25, -0.2) is 0 Å². The van der Waals surface area contributed by atoms with E-state index < -0.39 is 17.6 Å². The Bertz CT molecular complexity index is 541. The SMILES string of the molecule is O=C(NC[C@H]1C[C@@H]2CC[C@@H]1C2)c1cccc(C(F)(F)F)c1. The number of carbonyl (C=O) groups excluding carboxylic acids is 1. The fraction of sp³-hybridized carbons (Fsp3) is 0.562. The number of amides is 1. The second-order valence-corrected chi connectivity index (χ2v) is 6.22. The summed E-state index contributed by atoms with van der Waals surface area (Å²) in [5.74, 6) is 1.57. The predicted octanol–water partition coefficient (Wildman–Crippen LogP) is 3.87. The fourth-order valence-corrected chi connectivity index (χ4v) is 3.79. The molecule has 1 N–H and O–H groups in total. The van der Waals surface area contributed by atoms with Crippen LogP contribution >= 0.6 is 0 Å². The number of carbonyl (C=O) groups is 1. The lowest BCUT2D eigenvalue weighted by molar-refractivity contribution is -0.137. The zero-order valence-electron chi connectivity index (χ0n) is 11.6. The van der Waals surface area contributed by atoms with Crippen molar-refractivity contribution >= 4 is 5.91 Å². The van der Waals surface area contributed by atoms with E-state index in [0.717, 1.165) is 24.5 Å². The summed E-state index contributed by atoms with van der Waals surface area (Å²) < 4.78 is 37.9. The summed E-state index contributed by atoms with van der Waals surface area (Å²) in [6.07, 6.45) is 0.510. The number of halogens is 3. The van der Waals surface area contributed by atoms with Crippen molar-refractivity contribution in [1.29, 1.82) is 0 Å². The van der Waals surface area contributed by atoms with E-state index in [-0.39, 0.29) is 5.56 Å². The first-order valence-electron chi connectivity index (χ1n) is 7.39. The molecule has 0 saturated heterocycles. The van der Waals surface area contributed by atoms with Gasteiger partial charge in [-0.3, -0.25) is 4.79 Å². The molecule has 0 spiro atoms. The van der Waals surface area contributed by atoms with Crippen molar-refractivity contribution < 1.29 is 18.0 Å². The van der Waals surface area contributed by atoms with Gasteiger partial charge in [-0.05, 0) is 55.2 Å². The van der Waals surface area contributed by atoms with E-state index in [0.29, 0.717) is 18.4 Å². The molecule has 0 aromatic heterocycles. The Labute approximate surface area is 121 Å². The van der Waals surface area contributed by atoms with Crippen LogP contribution in [0, 0.1) is 17.8 Å². The summed E-state index contributed by atoms with van der Waals surface area (Å²) in [7, 11) is 0. The van der Waals surface area contributed by atoms with E-state index in [2.05, 4.69) is 5.32 Å². The molecular weight excluding hydrogens is 279 g/mol. The number of rotatable bonds is 3. The zero-order valence-corrected chi connectivity index (χ0v) is 11.6. The number of alkyl halides is 3. The molecular formula is C16H18F3NO. The van der Waals surface area contributed by atoms with Crippen molar-refractivity contribution in [2.24, 2.45) is 17.8 Å². The molecule has 21 heavy (non-hydrogen) atoms. The van der Waals surface area contributed by atoms with Gasteiger partial charge in [0.25, 0.3) is 5.91 Å². The van der Waals surface area contributed by atoms with Crippen LogP contribution in [-0.2, 0) is 6.18 Å². The molecule has 1 amide bonds. The third kappa shape index (κ3) is 3.06. The van der Waals surface area contributed by atoms with Gasteiger partial charge >= 0.3 is 6.18 Å². The van der Waals surface area contributed by atoms with Gasteiger partial charge in [0.05, 0.1) is 5.56 Å². The highest BCUT2D eigenvalue weighted by Crippen LogP contribution is 2.47. The number of hydrogen-bond acceptors (Lipinski definition) is 1. The minimum absolute atomic E-state index is 0.0768. The molecule has 0 radical (unpaired) electrons. The maximum atomic E-state index is 12.6. The monoisotopic (exact) mass is 297 g/mol. The molecule has 0 aliphatic heterocycles. The van der Waals surface area contributed by atoms with Gasteiger partial charge in [0, 0.05) is 12.1 Å². The maximum absolute atomic E-state index is 12.6. The van der Waals surface area contributed by atoms with E-state index >= 15 is 0 Å². The van der Waals surface area contributed by atoms with Gasteiger partial charge < -0.3 is 5.32 Å². The Hall–Kier alpha value is -1.52. The molecule has 2 aliphatic rings. The lowest BCUT2D eigenvalue weighted by atomic mass is 9.89. The van der Waals surface area contributed by atoms with Gasteiger partial charge in [-0.1, -0.05) is 12.5 Å². The Morgan fingerprint density at radius 2 is 2.05 bits per heavy atom. The van der Waals surface area contributed by atoms with Crippen LogP contribution < -0.4 is 5.32 Å². The van der Waals surface area contributed by atoms with Gasteiger partial charge in [-0.2, -0.15) is 13.2 Å². The Morgan fingerprint density at radius 3 is 2.67 bits per heavy atom. The summed E-state index contributed by atoms with van der Waals surface area (Å²) in [6, 6.07) is 4.59. The van der Waals surface area contributed by atoms with E-state index in [4.69, 9.17) is 0 Å². The van der Waals surface area contributed by atoms with E-state index in [1.54, 1.807) is 0 Å². The first-order chi connectivity index (χ1) is 9.93. The highest BCUT2D eigenvalue weighted by Gasteiger charge is 2.39. The van der Waals surface area contributed by atoms with E-state index in [1.807, 2.05) is 0 Å². The molecule has 1 aromatic carbocycles. The van der Waals surface area contributed by atoms with Crippen LogP contribution in [0.2, 0.25) is 0 Å². The normalized spacial score (nSPS) is 27.9. The van der Waals surface area contributed by atoms with Crippen LogP contribution in [0.15, 0.2) is 24.3 Å². The van der Waals surface area contributed by atoms with Crippen molar-refractivity contribution in [2.45, 2.75) is 31.9 Å². The first kappa shape index (κ1) is 14.4. The van der Waals surface area contributed by atoms with Crippen molar-refractivity contribution in [3.05, 3.63) is 35.4 Å². The molecule has 114 valence electrons. The summed E-state index contributed by atoms with van der Waals surface area (Å²) in [6.45, 7) is 0.580. The second kappa shape index (κ2) is 5.35. The summed E-state index contributed by atoms with van der Waals surface area (Å²) in [5, 5.41) is 2.80. The lowest BCUT2D eigenvalue weighted by Crippen LogP contribution is -2.31. The average Bonchev–Trinajstić information content (AvgIpc) is 3.06. The third-order valence-electron chi connectivity index (χ3n) is 4.86. The van der Waals surface area contributed by atoms with E-state index in [1.165, 1.54) is 31.4 Å². The van der Waals surface area contributed by atoms with E-state index in [9.17, 15) is 18.0 Å². The summed E-state index contributed by atoms with van der Waals surface area (Å²) in [5.41, 5.74) is -0.706. The minimum Gasteiger partial charge on any atom is -0.352 e. The van der Waals surface area contributed by atoms with Gasteiger partial charge in [0.1, 0.15) is 0 Å². The molecule has 1 aromatic rings. The van der Waals surface area contributed by atoms with Gasteiger partial charge in [0.2, 0.25) is 0 Å². The highest BCUT2D eigenvalue weighted by molar-refractivity contribution is 5.94. The van der Waals surface area contributed by atoms with Crippen LogP contribution in [-0.4, -0.2) is 12.5 Å². The van der Waals surface area contributed by atoms with Gasteiger partial charge in [0.15, 0.2) is 0 Å². The largest absolute Gasteiger partial charge is 0.416 e. The molecule has 0 unspecified atom stereocenters. The van der Waals surface area contributed by atoms with Crippen LogP contribution in [0.5, 0.6) is 0 Å². The maximum Gasteiger partial charge on any atom is 0.416 e. The Morgan fingerprint density at radius 1 is 1.24 bits per heavy atom. The third-order valence-corrected chi connectivity index (χ3v) is 4.86. The van der Waals surface area contributed by atoms with Crippen LogP contribution in [0.25, 0.3) is 0 Å². The molecule has 3 atom stereocenters. The van der Waals surface area contributed by atoms with Crippen LogP contribution in [0.4, 0.5) is 13.2 Å². The quantitative estimate of drug-likeness (QED) is 0.901. The first-order valence-corrected chi connectivity index (χ1v) is 7.39. The summed E-state index contributed by atoms with van der Waals surface area (Å²) >= 11 is 0. The smallest absolute Gasteiger partial charge is 0.352 e. The second-order valence-electron chi connectivity index (χ2n) is 6.22. The summed E-state index contributed by atoms with van der Waals surface area (Å²) in [4.78, 5) is 12.0. The number of fused-ring (bicyclic) bond motifs is 2. The number of hydrogen-bond donors (Lipinski definition) is 1. The van der Waals surface area contributed by atoms with Crippen molar-refractivity contribution in [3.63, 3.8) is 0 Å². The van der Waals surface area contributed by atoms with Crippen LogP contribution in [0.1, 0.15) is 41.6 Å². The van der Waals surface area contributed by atoms with Crippen molar-refractivity contribution in [1.82, 2.24) is 5.32 Å². The van der Waals surface area contributed by atoms with Crippen molar-refractivity contribution in [3.8, 4) is 0 Å². The Kier molecular flexibility index (Phi) is 3.68. The molecule has 2 nitrogen and oxygen atoms in total. The minimum atomic E-state index is -4.42.